The summed E-state index contributed by atoms with van der Waals surface area (Å²) in [7, 11) is 4.24. The summed E-state index contributed by atoms with van der Waals surface area (Å²) in [6.07, 6.45) is 0.0617. The van der Waals surface area contributed by atoms with Gasteiger partial charge in [0, 0.05) is 25.2 Å². The molecule has 0 unspecified atom stereocenters. The molecular weight excluding hydrogens is 266 g/mol. The van der Waals surface area contributed by atoms with Crippen LogP contribution in [0.4, 0.5) is 0 Å². The monoisotopic (exact) mass is 283 g/mol. The summed E-state index contributed by atoms with van der Waals surface area (Å²) in [5.74, 6) is 0.359. The van der Waals surface area contributed by atoms with E-state index >= 15 is 0 Å². The van der Waals surface area contributed by atoms with Crippen LogP contribution in [-0.2, 0) is 20.7 Å². The maximum absolute atomic E-state index is 11.4. The molecule has 0 bridgehead atoms. The summed E-state index contributed by atoms with van der Waals surface area (Å²) >= 11 is 0. The van der Waals surface area contributed by atoms with Gasteiger partial charge < -0.3 is 24.2 Å². The number of rotatable bonds is 7. The number of hydrogen-bond donors (Lipinski definition) is 1. The van der Waals surface area contributed by atoms with E-state index in [1.165, 1.54) is 21.3 Å². The summed E-state index contributed by atoms with van der Waals surface area (Å²) < 4.78 is 19.9. The Kier molecular flexibility index (Phi) is 6.31. The van der Waals surface area contributed by atoms with Gasteiger partial charge in [0.25, 0.3) is 0 Å². The highest BCUT2D eigenvalue weighted by Gasteiger charge is 2.16. The van der Waals surface area contributed by atoms with E-state index in [9.17, 15) is 4.79 Å². The molecule has 1 aromatic carbocycles. The molecule has 20 heavy (non-hydrogen) atoms. The molecule has 0 fully saturated rings. The molecule has 0 aliphatic rings. The fraction of sp³-hybridized carbons (Fsp3) is 0.385. The molecule has 7 heteroatoms. The van der Waals surface area contributed by atoms with E-state index in [0.717, 1.165) is 0 Å². The van der Waals surface area contributed by atoms with Crippen molar-refractivity contribution in [3.8, 4) is 11.5 Å². The quantitative estimate of drug-likeness (QED) is 0.266. The van der Waals surface area contributed by atoms with E-state index < -0.39 is 5.97 Å². The van der Waals surface area contributed by atoms with Crippen LogP contribution in [-0.4, -0.2) is 45.0 Å². The highest BCUT2D eigenvalue weighted by atomic mass is 16.7. The maximum atomic E-state index is 11.4. The molecule has 0 aromatic heterocycles. The van der Waals surface area contributed by atoms with Crippen molar-refractivity contribution >= 4 is 11.7 Å². The van der Waals surface area contributed by atoms with Crippen LogP contribution in [0.15, 0.2) is 23.4 Å². The van der Waals surface area contributed by atoms with E-state index in [-0.39, 0.29) is 18.9 Å². The molecule has 0 radical (unpaired) electrons. The molecule has 0 saturated heterocycles. The lowest BCUT2D eigenvalue weighted by Crippen LogP contribution is -2.19. The number of hydrogen-bond acceptors (Lipinski definition) is 7. The van der Waals surface area contributed by atoms with Gasteiger partial charge >= 0.3 is 5.97 Å². The molecule has 0 aliphatic carbocycles. The second-order valence-electron chi connectivity index (χ2n) is 3.74. The number of ether oxygens (including phenoxy) is 4. The number of carbonyl (C=O) groups is 1. The molecule has 1 N–H and O–H groups in total. The van der Waals surface area contributed by atoms with E-state index in [0.29, 0.717) is 17.1 Å². The Bertz CT molecular complexity index is 486. The van der Waals surface area contributed by atoms with Gasteiger partial charge in [0.15, 0.2) is 12.5 Å². The minimum absolute atomic E-state index is 0.0456. The lowest BCUT2D eigenvalue weighted by molar-refractivity contribution is -0.132. The fourth-order valence-corrected chi connectivity index (χ4v) is 1.51. The van der Waals surface area contributed by atoms with Gasteiger partial charge in [-0.05, 0) is 6.07 Å². The van der Waals surface area contributed by atoms with Gasteiger partial charge in [0.1, 0.15) is 11.5 Å². The average Bonchev–Trinajstić information content (AvgIpc) is 2.50. The Morgan fingerprint density at radius 3 is 2.60 bits per heavy atom. The third-order valence-electron chi connectivity index (χ3n) is 2.51. The Morgan fingerprint density at radius 2 is 2.05 bits per heavy atom. The predicted octanol–water partition coefficient (Wildman–Crippen LogP) is 1.22. The molecule has 1 aromatic rings. The molecule has 0 spiro atoms. The number of methoxy groups -OCH3 is 3. The summed E-state index contributed by atoms with van der Waals surface area (Å²) in [4.78, 5) is 11.4. The number of carbonyl (C=O) groups excluding carboxylic acids is 1. The largest absolute Gasteiger partial charge is 0.497 e. The van der Waals surface area contributed by atoms with Crippen molar-refractivity contribution in [2.24, 2.45) is 5.16 Å². The van der Waals surface area contributed by atoms with Crippen LogP contribution >= 0.6 is 0 Å². The van der Waals surface area contributed by atoms with Crippen LogP contribution in [0.5, 0.6) is 11.5 Å². The first-order valence-corrected chi connectivity index (χ1v) is 5.74. The number of oxime groups is 1. The van der Waals surface area contributed by atoms with Crippen molar-refractivity contribution in [1.29, 1.82) is 0 Å². The van der Waals surface area contributed by atoms with Crippen molar-refractivity contribution < 1.29 is 28.9 Å². The first kappa shape index (κ1) is 15.8. The van der Waals surface area contributed by atoms with Gasteiger partial charge in [0.2, 0.25) is 0 Å². The van der Waals surface area contributed by atoms with Crippen LogP contribution in [0.1, 0.15) is 5.56 Å². The van der Waals surface area contributed by atoms with Crippen molar-refractivity contribution in [3.63, 3.8) is 0 Å². The Labute approximate surface area is 116 Å². The highest BCUT2D eigenvalue weighted by molar-refractivity contribution is 6.36. The van der Waals surface area contributed by atoms with E-state index in [4.69, 9.17) is 19.4 Å². The molecule has 7 nitrogen and oxygen atoms in total. The minimum atomic E-state index is -0.707. The molecule has 0 atom stereocenters. The summed E-state index contributed by atoms with van der Waals surface area (Å²) in [5.41, 5.74) is 0.515. The third kappa shape index (κ3) is 4.13. The average molecular weight is 283 g/mol. The van der Waals surface area contributed by atoms with Crippen molar-refractivity contribution in [2.75, 3.05) is 28.1 Å². The van der Waals surface area contributed by atoms with Gasteiger partial charge in [-0.25, -0.2) is 4.79 Å². The molecular formula is C13H17NO6. The summed E-state index contributed by atoms with van der Waals surface area (Å²) in [6.45, 7) is 0.0456. The lowest BCUT2D eigenvalue weighted by atomic mass is 10.1. The third-order valence-corrected chi connectivity index (χ3v) is 2.51. The maximum Gasteiger partial charge on any atom is 0.356 e. The Morgan fingerprint density at radius 1 is 1.30 bits per heavy atom. The smallest absolute Gasteiger partial charge is 0.356 e. The van der Waals surface area contributed by atoms with Crippen molar-refractivity contribution in [2.45, 2.75) is 6.42 Å². The molecule has 1 rings (SSSR count). The van der Waals surface area contributed by atoms with Crippen LogP contribution in [0.25, 0.3) is 0 Å². The SMILES string of the molecule is COCOc1cc(OC)ccc1C/C(=N\O)C(=O)OC. The van der Waals surface area contributed by atoms with Gasteiger partial charge in [-0.1, -0.05) is 11.2 Å². The standard InChI is InChI=1S/C13H17NO6/c1-17-8-20-12-7-10(18-2)5-4-9(12)6-11(14-16)13(15)19-3/h4-5,7,16H,6,8H2,1-3H3/b14-11+. The van der Waals surface area contributed by atoms with Crippen molar-refractivity contribution in [3.05, 3.63) is 23.8 Å². The minimum Gasteiger partial charge on any atom is -0.497 e. The highest BCUT2D eigenvalue weighted by Crippen LogP contribution is 2.25. The number of benzene rings is 1. The van der Waals surface area contributed by atoms with Crippen LogP contribution < -0.4 is 9.47 Å². The van der Waals surface area contributed by atoms with Gasteiger partial charge in [0.05, 0.1) is 14.2 Å². The molecule has 0 heterocycles. The van der Waals surface area contributed by atoms with Crippen LogP contribution in [0, 0.1) is 0 Å². The zero-order valence-corrected chi connectivity index (χ0v) is 11.6. The molecule has 110 valence electrons. The molecule has 0 aliphatic heterocycles. The zero-order chi connectivity index (χ0) is 15.0. The first-order valence-electron chi connectivity index (χ1n) is 5.74. The van der Waals surface area contributed by atoms with Crippen LogP contribution in [0.3, 0.4) is 0 Å². The van der Waals surface area contributed by atoms with E-state index in [2.05, 4.69) is 9.89 Å². The van der Waals surface area contributed by atoms with E-state index in [1.807, 2.05) is 0 Å². The van der Waals surface area contributed by atoms with E-state index in [1.54, 1.807) is 18.2 Å². The lowest BCUT2D eigenvalue weighted by Gasteiger charge is -2.12. The summed E-state index contributed by atoms with van der Waals surface area (Å²) in [5, 5.41) is 11.8. The molecule has 0 saturated carbocycles. The van der Waals surface area contributed by atoms with Crippen molar-refractivity contribution in [1.82, 2.24) is 0 Å². The Balaban J connectivity index is 3.00. The van der Waals surface area contributed by atoms with Gasteiger partial charge in [-0.3, -0.25) is 0 Å². The van der Waals surface area contributed by atoms with Gasteiger partial charge in [-0.2, -0.15) is 0 Å². The fourth-order valence-electron chi connectivity index (χ4n) is 1.51. The predicted molar refractivity (Wildman–Crippen MR) is 70.4 cm³/mol. The number of esters is 1. The summed E-state index contributed by atoms with van der Waals surface area (Å²) in [6, 6.07) is 5.07. The normalized spacial score (nSPS) is 11.1. The first-order chi connectivity index (χ1) is 9.65. The second kappa shape index (κ2) is 8.00. The topological polar surface area (TPSA) is 86.6 Å². The molecule has 0 amide bonds. The van der Waals surface area contributed by atoms with Gasteiger partial charge in [-0.15, -0.1) is 0 Å². The van der Waals surface area contributed by atoms with Crippen LogP contribution in [0.2, 0.25) is 0 Å². The number of nitrogens with zero attached hydrogens (tertiary/aromatic N) is 1. The second-order valence-corrected chi connectivity index (χ2v) is 3.74. The zero-order valence-electron chi connectivity index (χ0n) is 11.6. The Hall–Kier alpha value is -2.28.